The van der Waals surface area contributed by atoms with Crippen molar-refractivity contribution in [3.8, 4) is 0 Å². The van der Waals surface area contributed by atoms with Crippen LogP contribution in [0.25, 0.3) is 0 Å². The summed E-state index contributed by atoms with van der Waals surface area (Å²) < 4.78 is 26.5. The van der Waals surface area contributed by atoms with Crippen LogP contribution in [-0.4, -0.2) is 64.6 Å². The number of likely N-dealkylation sites (N-methyl/N-ethyl adjacent to an activating group) is 1. The number of nitrogens with zero attached hydrogens (tertiary/aromatic N) is 3. The Morgan fingerprint density at radius 2 is 1.83 bits per heavy atom. The van der Waals surface area contributed by atoms with Gasteiger partial charge in [-0.25, -0.2) is 13.4 Å². The molecule has 0 amide bonds. The molecule has 1 aromatic carbocycles. The number of hydrogen-bond acceptors (Lipinski definition) is 6. The van der Waals surface area contributed by atoms with Gasteiger partial charge in [0, 0.05) is 13.5 Å². The van der Waals surface area contributed by atoms with E-state index in [-0.39, 0.29) is 16.7 Å². The Morgan fingerprint density at radius 1 is 1.23 bits per heavy atom. The third-order valence-electron chi connectivity index (χ3n) is 5.35. The summed E-state index contributed by atoms with van der Waals surface area (Å²) in [7, 11) is -2.75. The number of carboxylic acid groups (broad SMARTS) is 1. The lowest BCUT2D eigenvalue weighted by atomic mass is 9.95. The largest absolute Gasteiger partial charge is 0.480 e. The molecule has 0 radical (unpaired) electrons. The lowest BCUT2D eigenvalue weighted by molar-refractivity contribution is -0.145. The van der Waals surface area contributed by atoms with E-state index in [1.54, 1.807) is 12.1 Å². The highest BCUT2D eigenvalue weighted by Crippen LogP contribution is 2.32. The van der Waals surface area contributed by atoms with E-state index in [0.717, 1.165) is 22.7 Å². The number of benzene rings is 1. The maximum Gasteiger partial charge on any atom is 0.324 e. The maximum atomic E-state index is 12.8. The van der Waals surface area contributed by atoms with Crippen molar-refractivity contribution in [3.05, 3.63) is 29.8 Å². The molecule has 30 heavy (non-hydrogen) atoms. The van der Waals surface area contributed by atoms with Crippen molar-refractivity contribution in [1.29, 1.82) is 0 Å². The smallest absolute Gasteiger partial charge is 0.324 e. The lowest BCUT2D eigenvalue weighted by Crippen LogP contribution is -2.50. The molecular weight excluding hydrogens is 430 g/mol. The molecule has 1 aliphatic rings. The van der Waals surface area contributed by atoms with Gasteiger partial charge in [-0.05, 0) is 44.4 Å². The first kappa shape index (κ1) is 24.5. The number of aliphatic carboxylic acids is 1. The summed E-state index contributed by atoms with van der Waals surface area (Å²) in [5.74, 6) is -1.24. The quantitative estimate of drug-likeness (QED) is 0.559. The molecule has 0 aliphatic carbocycles. The predicted octanol–water partition coefficient (Wildman–Crippen LogP) is 2.68. The fourth-order valence-electron chi connectivity index (χ4n) is 3.11. The normalized spacial score (nSPS) is 19.7. The summed E-state index contributed by atoms with van der Waals surface area (Å²) in [5.41, 5.74) is -1.24. The molecule has 10 heteroatoms. The maximum absolute atomic E-state index is 12.8. The van der Waals surface area contributed by atoms with Crippen LogP contribution in [0.2, 0.25) is 0 Å². The molecule has 1 heterocycles. The second kappa shape index (κ2) is 9.13. The average molecular weight is 458 g/mol. The zero-order chi connectivity index (χ0) is 22.7. The number of hydrogen-bond donors (Lipinski definition) is 2. The molecule has 1 unspecified atom stereocenters. The second-order valence-electron chi connectivity index (χ2n) is 7.86. The van der Waals surface area contributed by atoms with Gasteiger partial charge < -0.3 is 10.2 Å². The Balaban J connectivity index is 2.31. The number of unbranched alkanes of at least 4 members (excludes halogenated alkanes) is 1. The first-order chi connectivity index (χ1) is 13.9. The standard InChI is InChI=1S/C20H28ClN3O5S/c1-5-6-11-20(22-16(13-25)17(21)23-20)12-14-7-9-15(10-8-14)30(28,29)24(4)19(2,3)18(26)27/h7-10,25H,5-6,11-13H2,1-4H3,(H,26,27). The summed E-state index contributed by atoms with van der Waals surface area (Å²) in [6.07, 6.45) is 2.88. The van der Waals surface area contributed by atoms with Crippen molar-refractivity contribution in [2.24, 2.45) is 9.98 Å². The minimum Gasteiger partial charge on any atom is -0.480 e. The van der Waals surface area contributed by atoms with E-state index in [9.17, 15) is 23.4 Å². The van der Waals surface area contributed by atoms with Crippen molar-refractivity contribution in [3.63, 3.8) is 0 Å². The van der Waals surface area contributed by atoms with Gasteiger partial charge in [-0.15, -0.1) is 0 Å². The fourth-order valence-corrected chi connectivity index (χ4v) is 4.84. The molecule has 1 atom stereocenters. The van der Waals surface area contributed by atoms with Crippen molar-refractivity contribution < 1.29 is 23.4 Å². The number of aliphatic hydroxyl groups is 1. The summed E-state index contributed by atoms with van der Waals surface area (Å²) >= 11 is 6.12. The van der Waals surface area contributed by atoms with E-state index < -0.39 is 27.2 Å². The van der Waals surface area contributed by atoms with Crippen molar-refractivity contribution >= 4 is 38.5 Å². The molecule has 166 valence electrons. The Bertz CT molecular complexity index is 957. The molecule has 1 aliphatic heterocycles. The van der Waals surface area contributed by atoms with Gasteiger partial charge in [0.2, 0.25) is 10.0 Å². The molecule has 0 fully saturated rings. The number of aliphatic hydroxyl groups excluding tert-OH is 1. The zero-order valence-electron chi connectivity index (χ0n) is 17.6. The molecular formula is C20H28ClN3O5S. The highest BCUT2D eigenvalue weighted by molar-refractivity contribution is 7.89. The molecule has 0 bridgehead atoms. The molecule has 8 nitrogen and oxygen atoms in total. The van der Waals surface area contributed by atoms with E-state index in [1.165, 1.54) is 33.0 Å². The SMILES string of the molecule is CCCCC1(Cc2ccc(S(=O)(=O)N(C)C(C)(C)C(=O)O)cc2)N=C(Cl)C(CO)=N1. The Morgan fingerprint density at radius 3 is 2.30 bits per heavy atom. The molecule has 0 spiro atoms. The highest BCUT2D eigenvalue weighted by Gasteiger charge is 2.40. The van der Waals surface area contributed by atoms with Crippen LogP contribution in [0.1, 0.15) is 45.6 Å². The van der Waals surface area contributed by atoms with E-state index in [4.69, 9.17) is 11.6 Å². The second-order valence-corrected chi connectivity index (χ2v) is 10.2. The van der Waals surface area contributed by atoms with Crippen LogP contribution in [0.3, 0.4) is 0 Å². The topological polar surface area (TPSA) is 120 Å². The first-order valence-electron chi connectivity index (χ1n) is 9.66. The van der Waals surface area contributed by atoms with Gasteiger partial charge >= 0.3 is 5.97 Å². The highest BCUT2D eigenvalue weighted by atomic mass is 35.5. The molecule has 2 rings (SSSR count). The van der Waals surface area contributed by atoms with Gasteiger partial charge in [0.1, 0.15) is 16.4 Å². The number of sulfonamides is 1. The van der Waals surface area contributed by atoms with Gasteiger partial charge in [0.15, 0.2) is 5.66 Å². The van der Waals surface area contributed by atoms with Crippen LogP contribution in [0.15, 0.2) is 39.1 Å². The minimum atomic E-state index is -3.99. The van der Waals surface area contributed by atoms with Gasteiger partial charge in [0.25, 0.3) is 0 Å². The van der Waals surface area contributed by atoms with E-state index in [1.807, 2.05) is 0 Å². The number of rotatable bonds is 10. The van der Waals surface area contributed by atoms with Gasteiger partial charge in [0.05, 0.1) is 11.5 Å². The summed E-state index contributed by atoms with van der Waals surface area (Å²) in [6.45, 7) is 4.42. The van der Waals surface area contributed by atoms with Crippen LogP contribution in [0.5, 0.6) is 0 Å². The van der Waals surface area contributed by atoms with Crippen LogP contribution in [0, 0.1) is 0 Å². The number of aliphatic imine (C=N–C) groups is 2. The summed E-state index contributed by atoms with van der Waals surface area (Å²) in [4.78, 5) is 20.5. The minimum absolute atomic E-state index is 0.00168. The Labute approximate surface area is 182 Å². The van der Waals surface area contributed by atoms with Crippen LogP contribution in [0.4, 0.5) is 0 Å². The molecule has 1 aromatic rings. The van der Waals surface area contributed by atoms with Gasteiger partial charge in [-0.2, -0.15) is 4.31 Å². The third-order valence-corrected chi connectivity index (χ3v) is 7.70. The van der Waals surface area contributed by atoms with Crippen LogP contribution >= 0.6 is 11.6 Å². The first-order valence-corrected chi connectivity index (χ1v) is 11.5. The summed E-state index contributed by atoms with van der Waals surface area (Å²) in [5, 5.41) is 19.0. The fraction of sp³-hybridized carbons (Fsp3) is 0.550. The predicted molar refractivity (Wildman–Crippen MR) is 117 cm³/mol. The Kier molecular flexibility index (Phi) is 7.45. The molecule has 0 saturated carbocycles. The third kappa shape index (κ3) is 4.91. The van der Waals surface area contributed by atoms with Crippen LogP contribution in [-0.2, 0) is 21.2 Å². The Hall–Kier alpha value is -1.81. The molecule has 2 N–H and O–H groups in total. The van der Waals surface area contributed by atoms with E-state index in [2.05, 4.69) is 16.9 Å². The lowest BCUT2D eigenvalue weighted by Gasteiger charge is -2.30. The van der Waals surface area contributed by atoms with Crippen molar-refractivity contribution in [1.82, 2.24) is 4.31 Å². The molecule has 0 saturated heterocycles. The number of carboxylic acids is 1. The van der Waals surface area contributed by atoms with E-state index >= 15 is 0 Å². The number of halogens is 1. The van der Waals surface area contributed by atoms with Crippen LogP contribution < -0.4 is 0 Å². The van der Waals surface area contributed by atoms with Crippen molar-refractivity contribution in [2.75, 3.05) is 13.7 Å². The average Bonchev–Trinajstić information content (AvgIpc) is 3.01. The monoisotopic (exact) mass is 457 g/mol. The van der Waals surface area contributed by atoms with Gasteiger partial charge in [-0.1, -0.05) is 37.1 Å². The van der Waals surface area contributed by atoms with E-state index in [0.29, 0.717) is 18.6 Å². The zero-order valence-corrected chi connectivity index (χ0v) is 19.2. The van der Waals surface area contributed by atoms with Gasteiger partial charge in [-0.3, -0.25) is 9.79 Å². The molecule has 0 aromatic heterocycles. The number of carbonyl (C=O) groups is 1. The van der Waals surface area contributed by atoms with Crippen molar-refractivity contribution in [2.45, 2.75) is 62.6 Å². The summed E-state index contributed by atoms with van der Waals surface area (Å²) in [6, 6.07) is 6.23.